The van der Waals surface area contributed by atoms with Gasteiger partial charge in [-0.1, -0.05) is 5.16 Å². The molecule has 6 nitrogen and oxygen atoms in total. The average molecular weight is 155 g/mol. The molecule has 0 spiro atoms. The van der Waals surface area contributed by atoms with Crippen LogP contribution in [0, 0.1) is 0 Å². The molecule has 0 amide bonds. The highest BCUT2D eigenvalue weighted by atomic mass is 16.4. The van der Waals surface area contributed by atoms with Crippen molar-refractivity contribution in [2.45, 2.75) is 13.0 Å². The van der Waals surface area contributed by atoms with Crippen LogP contribution in [0.4, 0.5) is 0 Å². The normalized spacial score (nSPS) is 11.8. The van der Waals surface area contributed by atoms with Crippen molar-refractivity contribution < 1.29 is 5.21 Å². The molecule has 0 saturated carbocycles. The molecular formula is C5H9N5O. The lowest BCUT2D eigenvalue weighted by atomic mass is 10.4. The van der Waals surface area contributed by atoms with Gasteiger partial charge in [0.25, 0.3) is 0 Å². The van der Waals surface area contributed by atoms with Gasteiger partial charge in [-0.05, 0) is 0 Å². The van der Waals surface area contributed by atoms with Crippen LogP contribution in [0.25, 0.3) is 0 Å². The van der Waals surface area contributed by atoms with Gasteiger partial charge in [-0.3, -0.25) is 4.68 Å². The summed E-state index contributed by atoms with van der Waals surface area (Å²) in [6.45, 7) is 0.579. The van der Waals surface area contributed by atoms with E-state index >= 15 is 0 Å². The van der Waals surface area contributed by atoms with Gasteiger partial charge in [-0.25, -0.2) is 4.98 Å². The van der Waals surface area contributed by atoms with Crippen LogP contribution in [-0.4, -0.2) is 25.8 Å². The number of aromatic nitrogens is 3. The molecule has 0 fully saturated rings. The second kappa shape index (κ2) is 3.55. The minimum absolute atomic E-state index is 0.195. The Labute approximate surface area is 63.3 Å². The summed E-state index contributed by atoms with van der Waals surface area (Å²) in [5.74, 6) is 0.195. The highest BCUT2D eigenvalue weighted by Crippen LogP contribution is 1.86. The monoisotopic (exact) mass is 155 g/mol. The van der Waals surface area contributed by atoms with Gasteiger partial charge < -0.3 is 10.9 Å². The van der Waals surface area contributed by atoms with E-state index in [0.717, 1.165) is 0 Å². The summed E-state index contributed by atoms with van der Waals surface area (Å²) >= 11 is 0. The van der Waals surface area contributed by atoms with Crippen molar-refractivity contribution in [3.8, 4) is 0 Å². The number of hydrogen-bond acceptors (Lipinski definition) is 4. The first kappa shape index (κ1) is 7.52. The molecule has 0 aliphatic rings. The van der Waals surface area contributed by atoms with Crippen LogP contribution in [-0.2, 0) is 6.54 Å². The standard InChI is InChI=1S/C5H9N5O/c6-5(9-11)1-2-10-4-7-3-8-10/h3-4,11H,1-2H2,(H2,6,9). The van der Waals surface area contributed by atoms with Gasteiger partial charge in [0, 0.05) is 13.0 Å². The lowest BCUT2D eigenvalue weighted by Gasteiger charge is -1.97. The second-order valence-electron chi connectivity index (χ2n) is 2.00. The number of nitrogens with zero attached hydrogens (tertiary/aromatic N) is 4. The molecule has 0 unspecified atom stereocenters. The summed E-state index contributed by atoms with van der Waals surface area (Å²) < 4.78 is 1.61. The fourth-order valence-electron chi connectivity index (χ4n) is 0.627. The van der Waals surface area contributed by atoms with Gasteiger partial charge in [0.05, 0.1) is 0 Å². The first-order chi connectivity index (χ1) is 5.33. The van der Waals surface area contributed by atoms with Gasteiger partial charge in [0.1, 0.15) is 18.5 Å². The third kappa shape index (κ3) is 2.24. The Morgan fingerprint density at radius 3 is 3.09 bits per heavy atom. The van der Waals surface area contributed by atoms with Crippen LogP contribution in [0.1, 0.15) is 6.42 Å². The van der Waals surface area contributed by atoms with E-state index in [0.29, 0.717) is 13.0 Å². The van der Waals surface area contributed by atoms with Gasteiger partial charge >= 0.3 is 0 Å². The van der Waals surface area contributed by atoms with E-state index in [2.05, 4.69) is 15.2 Å². The van der Waals surface area contributed by atoms with E-state index in [9.17, 15) is 0 Å². The fraction of sp³-hybridized carbons (Fsp3) is 0.400. The number of hydrogen-bond donors (Lipinski definition) is 2. The van der Waals surface area contributed by atoms with Crippen molar-refractivity contribution in [3.63, 3.8) is 0 Å². The van der Waals surface area contributed by atoms with Crippen molar-refractivity contribution in [2.24, 2.45) is 10.9 Å². The number of amidine groups is 1. The molecule has 0 atom stereocenters. The van der Waals surface area contributed by atoms with Crippen LogP contribution in [0.2, 0.25) is 0 Å². The van der Waals surface area contributed by atoms with Gasteiger partial charge in [-0.15, -0.1) is 0 Å². The molecule has 11 heavy (non-hydrogen) atoms. The van der Waals surface area contributed by atoms with E-state index in [1.807, 2.05) is 0 Å². The first-order valence-electron chi connectivity index (χ1n) is 3.11. The largest absolute Gasteiger partial charge is 0.409 e. The van der Waals surface area contributed by atoms with Crippen molar-refractivity contribution in [2.75, 3.05) is 0 Å². The van der Waals surface area contributed by atoms with Crippen LogP contribution in [0.5, 0.6) is 0 Å². The van der Waals surface area contributed by atoms with Gasteiger partial charge in [-0.2, -0.15) is 5.10 Å². The quantitative estimate of drug-likeness (QED) is 0.264. The molecule has 60 valence electrons. The second-order valence-corrected chi connectivity index (χ2v) is 2.00. The lowest BCUT2D eigenvalue weighted by molar-refractivity contribution is 0.316. The SMILES string of the molecule is N/C(CCn1cncn1)=N\O. The van der Waals surface area contributed by atoms with Crippen molar-refractivity contribution in [1.82, 2.24) is 14.8 Å². The molecule has 0 saturated heterocycles. The highest BCUT2D eigenvalue weighted by molar-refractivity contribution is 5.79. The Morgan fingerprint density at radius 2 is 2.55 bits per heavy atom. The zero-order valence-corrected chi connectivity index (χ0v) is 5.88. The number of rotatable bonds is 3. The molecule has 0 aliphatic carbocycles. The molecule has 6 heteroatoms. The third-order valence-corrected chi connectivity index (χ3v) is 1.19. The van der Waals surface area contributed by atoms with Crippen molar-refractivity contribution >= 4 is 5.84 Å². The summed E-state index contributed by atoms with van der Waals surface area (Å²) in [7, 11) is 0. The Kier molecular flexibility index (Phi) is 2.42. The van der Waals surface area contributed by atoms with Crippen LogP contribution in [0.3, 0.4) is 0 Å². The Hall–Kier alpha value is -1.59. The molecule has 1 aromatic rings. The zero-order valence-electron chi connectivity index (χ0n) is 5.88. The molecule has 3 N–H and O–H groups in total. The van der Waals surface area contributed by atoms with Crippen molar-refractivity contribution in [3.05, 3.63) is 12.7 Å². The molecule has 0 bridgehead atoms. The average Bonchev–Trinajstić information content (AvgIpc) is 2.52. The zero-order chi connectivity index (χ0) is 8.10. The number of aryl methyl sites for hydroxylation is 1. The molecule has 1 aromatic heterocycles. The number of oxime groups is 1. The first-order valence-corrected chi connectivity index (χ1v) is 3.11. The smallest absolute Gasteiger partial charge is 0.140 e. The summed E-state index contributed by atoms with van der Waals surface area (Å²) in [6, 6.07) is 0. The molecule has 0 aliphatic heterocycles. The Bertz CT molecular complexity index is 229. The minimum Gasteiger partial charge on any atom is -0.409 e. The van der Waals surface area contributed by atoms with E-state index in [4.69, 9.17) is 10.9 Å². The van der Waals surface area contributed by atoms with E-state index in [1.54, 1.807) is 11.0 Å². The van der Waals surface area contributed by atoms with E-state index in [1.165, 1.54) is 6.33 Å². The van der Waals surface area contributed by atoms with Gasteiger partial charge in [0.15, 0.2) is 0 Å². The number of nitrogens with two attached hydrogens (primary N) is 1. The Balaban J connectivity index is 2.35. The maximum absolute atomic E-state index is 8.18. The van der Waals surface area contributed by atoms with Crippen LogP contribution in [0.15, 0.2) is 17.8 Å². The Morgan fingerprint density at radius 1 is 1.73 bits per heavy atom. The predicted octanol–water partition coefficient (Wildman–Crippen LogP) is -0.585. The topological polar surface area (TPSA) is 89.3 Å². The summed E-state index contributed by atoms with van der Waals surface area (Å²) in [6.07, 6.45) is 3.48. The maximum atomic E-state index is 8.18. The minimum atomic E-state index is 0.195. The molecule has 1 rings (SSSR count). The predicted molar refractivity (Wildman–Crippen MR) is 38.0 cm³/mol. The van der Waals surface area contributed by atoms with Crippen LogP contribution < -0.4 is 5.73 Å². The maximum Gasteiger partial charge on any atom is 0.140 e. The third-order valence-electron chi connectivity index (χ3n) is 1.19. The van der Waals surface area contributed by atoms with E-state index in [-0.39, 0.29) is 5.84 Å². The summed E-state index contributed by atoms with van der Waals surface area (Å²) in [4.78, 5) is 3.73. The molecule has 0 radical (unpaired) electrons. The molecule has 0 aromatic carbocycles. The van der Waals surface area contributed by atoms with Gasteiger partial charge in [0.2, 0.25) is 0 Å². The molecular weight excluding hydrogens is 146 g/mol. The van der Waals surface area contributed by atoms with Crippen molar-refractivity contribution in [1.29, 1.82) is 0 Å². The fourth-order valence-corrected chi connectivity index (χ4v) is 0.627. The summed E-state index contributed by atoms with van der Waals surface area (Å²) in [5.41, 5.74) is 5.23. The lowest BCUT2D eigenvalue weighted by Crippen LogP contribution is -2.14. The molecule has 1 heterocycles. The highest BCUT2D eigenvalue weighted by Gasteiger charge is 1.94. The summed E-state index contributed by atoms with van der Waals surface area (Å²) in [5, 5.41) is 14.8. The van der Waals surface area contributed by atoms with Crippen LogP contribution >= 0.6 is 0 Å². The van der Waals surface area contributed by atoms with E-state index < -0.39 is 0 Å².